The van der Waals surface area contributed by atoms with Gasteiger partial charge in [0.2, 0.25) is 0 Å². The molecule has 0 fully saturated rings. The number of aliphatic hydroxyl groups is 1. The molecular formula is C11H14N4O3S. The Bertz CT molecular complexity index is 572. The van der Waals surface area contributed by atoms with Crippen LogP contribution in [0.2, 0.25) is 0 Å². The fourth-order valence-electron chi connectivity index (χ4n) is 1.50. The summed E-state index contributed by atoms with van der Waals surface area (Å²) >= 11 is 1.21. The minimum atomic E-state index is -0.269. The predicted molar refractivity (Wildman–Crippen MR) is 72.1 cm³/mol. The normalized spacial score (nSPS) is 10.8. The average Bonchev–Trinajstić information content (AvgIpc) is 2.76. The fourth-order valence-corrected chi connectivity index (χ4v) is 2.43. The van der Waals surface area contributed by atoms with E-state index in [1.807, 2.05) is 0 Å². The number of aliphatic hydroxyl groups excluding tert-OH is 1. The number of aromatic nitrogens is 2. The Kier molecular flexibility index (Phi) is 4.61. The molecule has 0 radical (unpaired) electrons. The van der Waals surface area contributed by atoms with Gasteiger partial charge in [-0.2, -0.15) is 0 Å². The van der Waals surface area contributed by atoms with Crippen LogP contribution in [-0.2, 0) is 4.74 Å². The number of hydrogen-bond donors (Lipinski definition) is 3. The number of nitrogens with one attached hydrogen (secondary N) is 1. The largest absolute Gasteiger partial charge is 0.396 e. The number of amides is 1. The molecule has 0 aliphatic rings. The summed E-state index contributed by atoms with van der Waals surface area (Å²) in [5, 5.41) is 11.2. The molecule has 0 bridgehead atoms. The molecule has 0 saturated heterocycles. The lowest BCUT2D eigenvalue weighted by molar-refractivity contribution is 0.0841. The van der Waals surface area contributed by atoms with Crippen molar-refractivity contribution in [3.05, 3.63) is 17.3 Å². The highest BCUT2D eigenvalue weighted by Crippen LogP contribution is 2.29. The van der Waals surface area contributed by atoms with E-state index in [9.17, 15) is 4.79 Å². The molecule has 0 unspecified atom stereocenters. The van der Waals surface area contributed by atoms with E-state index < -0.39 is 0 Å². The fraction of sp³-hybridized carbons (Fsp3) is 0.364. The molecule has 0 spiro atoms. The first-order valence-electron chi connectivity index (χ1n) is 5.70. The zero-order valence-corrected chi connectivity index (χ0v) is 10.9. The summed E-state index contributed by atoms with van der Waals surface area (Å²) in [6.45, 7) is 0.921. The maximum atomic E-state index is 11.9. The Labute approximate surface area is 113 Å². The molecule has 8 heteroatoms. The van der Waals surface area contributed by atoms with E-state index in [1.54, 1.807) is 6.20 Å². The van der Waals surface area contributed by atoms with Gasteiger partial charge in [0.1, 0.15) is 15.2 Å². The third-order valence-electron chi connectivity index (χ3n) is 2.34. The second kappa shape index (κ2) is 6.41. The number of nitrogen functional groups attached to an aromatic ring is 1. The summed E-state index contributed by atoms with van der Waals surface area (Å²) < 4.78 is 5.04. The minimum Gasteiger partial charge on any atom is -0.396 e. The molecule has 0 saturated carbocycles. The molecule has 4 N–H and O–H groups in total. The summed E-state index contributed by atoms with van der Waals surface area (Å²) in [6.07, 6.45) is 3.10. The van der Waals surface area contributed by atoms with Crippen LogP contribution in [0.25, 0.3) is 10.3 Å². The van der Waals surface area contributed by atoms with E-state index in [0.29, 0.717) is 34.1 Å². The first kappa shape index (κ1) is 13.7. The lowest BCUT2D eigenvalue weighted by Gasteiger charge is -2.04. The Morgan fingerprint density at radius 3 is 2.95 bits per heavy atom. The van der Waals surface area contributed by atoms with Crippen molar-refractivity contribution in [1.29, 1.82) is 0 Å². The zero-order valence-electron chi connectivity index (χ0n) is 10.1. The number of nitrogens with two attached hydrogens (primary N) is 1. The number of fused-ring (bicyclic) bond motifs is 1. The van der Waals surface area contributed by atoms with E-state index in [4.69, 9.17) is 15.6 Å². The lowest BCUT2D eigenvalue weighted by atomic mass is 10.3. The standard InChI is InChI=1S/C11H14N4O3S/c12-7-8-11(15-2-1-13-8)19-9(7)10(17)14-3-5-18-6-4-16/h1-2,16H,3-6,12H2,(H,14,17). The van der Waals surface area contributed by atoms with Gasteiger partial charge in [0.05, 0.1) is 25.5 Å². The van der Waals surface area contributed by atoms with Gasteiger partial charge < -0.3 is 20.9 Å². The smallest absolute Gasteiger partial charge is 0.263 e. The van der Waals surface area contributed by atoms with Crippen molar-refractivity contribution in [3.63, 3.8) is 0 Å². The molecule has 2 rings (SSSR count). The van der Waals surface area contributed by atoms with Crippen LogP contribution >= 0.6 is 11.3 Å². The first-order chi connectivity index (χ1) is 9.24. The summed E-state index contributed by atoms with van der Waals surface area (Å²) in [6, 6.07) is 0. The molecule has 1 amide bonds. The molecule has 2 aromatic rings. The Balaban J connectivity index is 1.99. The topological polar surface area (TPSA) is 110 Å². The molecule has 102 valence electrons. The molecule has 0 aliphatic heterocycles. The highest BCUT2D eigenvalue weighted by atomic mass is 32.1. The molecule has 2 heterocycles. The van der Waals surface area contributed by atoms with Crippen LogP contribution in [0.5, 0.6) is 0 Å². The van der Waals surface area contributed by atoms with Crippen LogP contribution in [-0.4, -0.2) is 47.3 Å². The van der Waals surface area contributed by atoms with E-state index in [2.05, 4.69) is 15.3 Å². The average molecular weight is 282 g/mol. The quantitative estimate of drug-likeness (QED) is 0.644. The van der Waals surface area contributed by atoms with Gasteiger partial charge in [-0.3, -0.25) is 4.79 Å². The Morgan fingerprint density at radius 2 is 2.21 bits per heavy atom. The zero-order chi connectivity index (χ0) is 13.7. The summed E-state index contributed by atoms with van der Waals surface area (Å²) in [5.74, 6) is -0.269. The number of hydrogen-bond acceptors (Lipinski definition) is 7. The maximum absolute atomic E-state index is 11.9. The maximum Gasteiger partial charge on any atom is 0.263 e. The Hall–Kier alpha value is -1.77. The van der Waals surface area contributed by atoms with Crippen molar-refractivity contribution < 1.29 is 14.6 Å². The van der Waals surface area contributed by atoms with E-state index in [0.717, 1.165) is 0 Å². The van der Waals surface area contributed by atoms with Gasteiger partial charge in [0.25, 0.3) is 5.91 Å². The number of anilines is 1. The molecule has 2 aromatic heterocycles. The van der Waals surface area contributed by atoms with Crippen molar-refractivity contribution in [2.24, 2.45) is 0 Å². The van der Waals surface area contributed by atoms with Crippen molar-refractivity contribution in [2.75, 3.05) is 32.1 Å². The van der Waals surface area contributed by atoms with Crippen LogP contribution in [0.15, 0.2) is 12.4 Å². The molecule has 0 aliphatic carbocycles. The van der Waals surface area contributed by atoms with Crippen LogP contribution in [0.3, 0.4) is 0 Å². The van der Waals surface area contributed by atoms with Crippen molar-refractivity contribution >= 4 is 33.3 Å². The second-order valence-electron chi connectivity index (χ2n) is 3.65. The van der Waals surface area contributed by atoms with Crippen LogP contribution in [0, 0.1) is 0 Å². The first-order valence-corrected chi connectivity index (χ1v) is 6.51. The van der Waals surface area contributed by atoms with Gasteiger partial charge in [-0.25, -0.2) is 9.97 Å². The lowest BCUT2D eigenvalue weighted by Crippen LogP contribution is -2.27. The van der Waals surface area contributed by atoms with Gasteiger partial charge in [0.15, 0.2) is 0 Å². The van der Waals surface area contributed by atoms with Crippen molar-refractivity contribution in [2.45, 2.75) is 0 Å². The summed E-state index contributed by atoms with van der Waals surface area (Å²) in [5.41, 5.74) is 6.77. The number of nitrogens with zero attached hydrogens (tertiary/aromatic N) is 2. The molecule has 19 heavy (non-hydrogen) atoms. The van der Waals surface area contributed by atoms with Gasteiger partial charge in [-0.1, -0.05) is 0 Å². The van der Waals surface area contributed by atoms with Crippen molar-refractivity contribution in [3.8, 4) is 0 Å². The minimum absolute atomic E-state index is 0.0332. The van der Waals surface area contributed by atoms with E-state index in [-0.39, 0.29) is 19.1 Å². The Morgan fingerprint density at radius 1 is 1.42 bits per heavy atom. The molecular weight excluding hydrogens is 268 g/mol. The van der Waals surface area contributed by atoms with Gasteiger partial charge in [0, 0.05) is 18.9 Å². The van der Waals surface area contributed by atoms with Crippen LogP contribution < -0.4 is 11.1 Å². The third-order valence-corrected chi connectivity index (χ3v) is 3.44. The van der Waals surface area contributed by atoms with Gasteiger partial charge in [-0.15, -0.1) is 11.3 Å². The highest BCUT2D eigenvalue weighted by molar-refractivity contribution is 7.21. The molecule has 0 aromatic carbocycles. The number of carbonyl (C=O) groups excluding carboxylic acids is 1. The molecule has 0 atom stereocenters. The predicted octanol–water partition coefficient (Wildman–Crippen LogP) is 0.0122. The summed E-state index contributed by atoms with van der Waals surface area (Å²) in [4.78, 5) is 21.2. The third kappa shape index (κ3) is 3.16. The van der Waals surface area contributed by atoms with Gasteiger partial charge >= 0.3 is 0 Å². The number of ether oxygens (including phenoxy) is 1. The number of carbonyl (C=O) groups is 1. The second-order valence-corrected chi connectivity index (χ2v) is 4.65. The van der Waals surface area contributed by atoms with Gasteiger partial charge in [-0.05, 0) is 0 Å². The van der Waals surface area contributed by atoms with Crippen molar-refractivity contribution in [1.82, 2.24) is 15.3 Å². The summed E-state index contributed by atoms with van der Waals surface area (Å²) in [7, 11) is 0. The SMILES string of the molecule is Nc1c(C(=O)NCCOCCO)sc2nccnc12. The van der Waals surface area contributed by atoms with E-state index in [1.165, 1.54) is 17.5 Å². The monoisotopic (exact) mass is 282 g/mol. The number of rotatable bonds is 6. The number of thiophene rings is 1. The molecule has 7 nitrogen and oxygen atoms in total. The van der Waals surface area contributed by atoms with Crippen LogP contribution in [0.1, 0.15) is 9.67 Å². The highest BCUT2D eigenvalue weighted by Gasteiger charge is 2.17. The van der Waals surface area contributed by atoms with Crippen LogP contribution in [0.4, 0.5) is 5.69 Å². The van der Waals surface area contributed by atoms with E-state index >= 15 is 0 Å².